The number of aromatic carboxylic acids is 1. The van der Waals surface area contributed by atoms with Crippen LogP contribution >= 0.6 is 11.3 Å². The van der Waals surface area contributed by atoms with E-state index < -0.39 is 5.97 Å². The summed E-state index contributed by atoms with van der Waals surface area (Å²) in [4.78, 5) is 27.2. The third-order valence-electron chi connectivity index (χ3n) is 3.61. The normalized spacial score (nSPS) is 16.1. The molecule has 1 aromatic carbocycles. The predicted molar refractivity (Wildman–Crippen MR) is 77.1 cm³/mol. The summed E-state index contributed by atoms with van der Waals surface area (Å²) in [6.45, 7) is 1.93. The molecule has 6 heteroatoms. The average Bonchev–Trinajstić information content (AvgIpc) is 3.17. The molecule has 20 heavy (non-hydrogen) atoms. The number of nitrogens with zero attached hydrogens (tertiary/aromatic N) is 1. The number of anilines is 1. The highest BCUT2D eigenvalue weighted by molar-refractivity contribution is 7.22. The van der Waals surface area contributed by atoms with E-state index in [1.54, 1.807) is 12.1 Å². The Hall–Kier alpha value is -1.95. The van der Waals surface area contributed by atoms with Crippen LogP contribution in [0.4, 0.5) is 5.13 Å². The fraction of sp³-hybridized carbons (Fsp3) is 0.357. The van der Waals surface area contributed by atoms with E-state index in [2.05, 4.69) is 10.3 Å². The summed E-state index contributed by atoms with van der Waals surface area (Å²) in [7, 11) is 0. The van der Waals surface area contributed by atoms with Crippen LogP contribution in [-0.4, -0.2) is 22.0 Å². The van der Waals surface area contributed by atoms with Crippen LogP contribution in [0.5, 0.6) is 0 Å². The zero-order chi connectivity index (χ0) is 14.3. The highest BCUT2D eigenvalue weighted by Crippen LogP contribution is 2.37. The van der Waals surface area contributed by atoms with E-state index >= 15 is 0 Å². The van der Waals surface area contributed by atoms with E-state index in [-0.39, 0.29) is 17.4 Å². The van der Waals surface area contributed by atoms with Crippen LogP contribution in [0.3, 0.4) is 0 Å². The molecule has 1 aromatic heterocycles. The smallest absolute Gasteiger partial charge is 0.335 e. The quantitative estimate of drug-likeness (QED) is 0.907. The molecule has 2 N–H and O–H groups in total. The van der Waals surface area contributed by atoms with Crippen LogP contribution in [-0.2, 0) is 4.79 Å². The van der Waals surface area contributed by atoms with Gasteiger partial charge in [-0.1, -0.05) is 18.3 Å². The highest BCUT2D eigenvalue weighted by atomic mass is 32.1. The number of carbonyl (C=O) groups is 2. The second kappa shape index (κ2) is 4.86. The van der Waals surface area contributed by atoms with Gasteiger partial charge in [0.05, 0.1) is 15.8 Å². The summed E-state index contributed by atoms with van der Waals surface area (Å²) in [5.41, 5.74) is 0.930. The first kappa shape index (κ1) is 13.1. The van der Waals surface area contributed by atoms with Crippen molar-refractivity contribution < 1.29 is 14.7 Å². The molecule has 0 bridgehead atoms. The third-order valence-corrected chi connectivity index (χ3v) is 4.54. The minimum absolute atomic E-state index is 0.00925. The van der Waals surface area contributed by atoms with Crippen LogP contribution in [0.25, 0.3) is 10.2 Å². The Morgan fingerprint density at radius 3 is 2.85 bits per heavy atom. The van der Waals surface area contributed by atoms with Crippen molar-refractivity contribution in [1.29, 1.82) is 0 Å². The lowest BCUT2D eigenvalue weighted by Gasteiger charge is -2.08. The highest BCUT2D eigenvalue weighted by Gasteiger charge is 2.32. The number of hydrogen-bond donors (Lipinski definition) is 2. The summed E-state index contributed by atoms with van der Waals surface area (Å²) in [6.07, 6.45) is 2.24. The lowest BCUT2D eigenvalue weighted by molar-refractivity contribution is -0.119. The predicted octanol–water partition coefficient (Wildman–Crippen LogP) is 2.98. The largest absolute Gasteiger partial charge is 0.478 e. The van der Waals surface area contributed by atoms with Crippen molar-refractivity contribution in [1.82, 2.24) is 4.98 Å². The van der Waals surface area contributed by atoms with Crippen molar-refractivity contribution in [2.75, 3.05) is 5.32 Å². The van der Waals surface area contributed by atoms with E-state index in [1.165, 1.54) is 17.4 Å². The molecule has 1 fully saturated rings. The minimum Gasteiger partial charge on any atom is -0.478 e. The van der Waals surface area contributed by atoms with Crippen LogP contribution < -0.4 is 5.32 Å². The van der Waals surface area contributed by atoms with Crippen molar-refractivity contribution in [3.8, 4) is 0 Å². The number of aromatic nitrogens is 1. The van der Waals surface area contributed by atoms with Gasteiger partial charge in [0.2, 0.25) is 5.91 Å². The van der Waals surface area contributed by atoms with Gasteiger partial charge in [-0.05, 0) is 37.0 Å². The van der Waals surface area contributed by atoms with Gasteiger partial charge in [-0.25, -0.2) is 9.78 Å². The van der Waals surface area contributed by atoms with E-state index in [1.807, 2.05) is 6.92 Å². The summed E-state index contributed by atoms with van der Waals surface area (Å²) in [5.74, 6) is -0.460. The Morgan fingerprint density at radius 2 is 2.20 bits per heavy atom. The Balaban J connectivity index is 1.81. The maximum atomic E-state index is 12.0. The van der Waals surface area contributed by atoms with Gasteiger partial charge in [0.1, 0.15) is 0 Å². The average molecular weight is 290 g/mol. The lowest BCUT2D eigenvalue weighted by atomic mass is 10.1. The number of thiazole rings is 1. The second-order valence-electron chi connectivity index (χ2n) is 5.12. The summed E-state index contributed by atoms with van der Waals surface area (Å²) in [6, 6.07) is 4.76. The van der Waals surface area contributed by atoms with Crippen LogP contribution in [0.2, 0.25) is 0 Å². The van der Waals surface area contributed by atoms with Gasteiger partial charge in [0.15, 0.2) is 5.13 Å². The SMILES string of the molecule is CC(C(=O)Nc1nc2ccc(C(=O)O)cc2s1)C1CC1. The molecule has 1 unspecified atom stereocenters. The molecule has 0 aliphatic heterocycles. The molecule has 104 valence electrons. The van der Waals surface area contributed by atoms with Crippen molar-refractivity contribution in [3.63, 3.8) is 0 Å². The standard InChI is InChI=1S/C14H14N2O3S/c1-7(8-2-3-8)12(17)16-14-15-10-5-4-9(13(18)19)6-11(10)20-14/h4-8H,2-3H2,1H3,(H,18,19)(H,15,16,17). The summed E-state index contributed by atoms with van der Waals surface area (Å²) >= 11 is 1.30. The number of nitrogens with one attached hydrogen (secondary N) is 1. The Bertz CT molecular complexity index is 691. The molecule has 0 radical (unpaired) electrons. The van der Waals surface area contributed by atoms with Gasteiger partial charge >= 0.3 is 5.97 Å². The van der Waals surface area contributed by atoms with Gasteiger partial charge in [-0.15, -0.1) is 0 Å². The summed E-state index contributed by atoms with van der Waals surface area (Å²) in [5, 5.41) is 12.3. The van der Waals surface area contributed by atoms with Gasteiger partial charge in [-0.2, -0.15) is 0 Å². The summed E-state index contributed by atoms with van der Waals surface area (Å²) < 4.78 is 0.763. The molecule has 1 heterocycles. The number of amides is 1. The van der Waals surface area contributed by atoms with Gasteiger partial charge < -0.3 is 10.4 Å². The molecule has 1 aliphatic rings. The minimum atomic E-state index is -0.965. The van der Waals surface area contributed by atoms with Crippen LogP contribution in [0.15, 0.2) is 18.2 Å². The number of carboxylic acids is 1. The number of fused-ring (bicyclic) bond motifs is 1. The van der Waals surface area contributed by atoms with Crippen molar-refractivity contribution in [2.45, 2.75) is 19.8 Å². The van der Waals surface area contributed by atoms with Crippen molar-refractivity contribution in [3.05, 3.63) is 23.8 Å². The Labute approximate surface area is 119 Å². The molecule has 1 saturated carbocycles. The van der Waals surface area contributed by atoms with Crippen LogP contribution in [0, 0.1) is 11.8 Å². The monoisotopic (exact) mass is 290 g/mol. The molecule has 1 aliphatic carbocycles. The maximum Gasteiger partial charge on any atom is 0.335 e. The molecule has 1 atom stereocenters. The fourth-order valence-corrected chi connectivity index (χ4v) is 3.05. The van der Waals surface area contributed by atoms with E-state index in [9.17, 15) is 9.59 Å². The molecular weight excluding hydrogens is 276 g/mol. The Morgan fingerprint density at radius 1 is 1.45 bits per heavy atom. The first-order valence-electron chi connectivity index (χ1n) is 6.49. The van der Waals surface area contributed by atoms with Gasteiger partial charge in [0, 0.05) is 5.92 Å². The molecule has 3 rings (SSSR count). The molecule has 1 amide bonds. The zero-order valence-electron chi connectivity index (χ0n) is 10.9. The molecular formula is C14H14N2O3S. The maximum absolute atomic E-state index is 12.0. The molecule has 0 spiro atoms. The number of carboxylic acid groups (broad SMARTS) is 1. The first-order chi connectivity index (χ1) is 9.54. The molecule has 0 saturated heterocycles. The Kier molecular flexibility index (Phi) is 3.17. The number of carbonyl (C=O) groups excluding carboxylic acids is 1. The second-order valence-corrected chi connectivity index (χ2v) is 6.15. The fourth-order valence-electron chi connectivity index (χ4n) is 2.14. The van der Waals surface area contributed by atoms with Gasteiger partial charge in [0.25, 0.3) is 0 Å². The van der Waals surface area contributed by atoms with E-state index in [0.29, 0.717) is 16.6 Å². The third kappa shape index (κ3) is 2.51. The van der Waals surface area contributed by atoms with Crippen molar-refractivity contribution in [2.24, 2.45) is 11.8 Å². The molecule has 2 aromatic rings. The number of benzene rings is 1. The number of rotatable bonds is 4. The molecule has 5 nitrogen and oxygen atoms in total. The van der Waals surface area contributed by atoms with E-state index in [4.69, 9.17) is 5.11 Å². The first-order valence-corrected chi connectivity index (χ1v) is 7.31. The number of hydrogen-bond acceptors (Lipinski definition) is 4. The van der Waals surface area contributed by atoms with Crippen molar-refractivity contribution >= 4 is 38.6 Å². The topological polar surface area (TPSA) is 79.3 Å². The van der Waals surface area contributed by atoms with Gasteiger partial charge in [-0.3, -0.25) is 4.79 Å². The zero-order valence-corrected chi connectivity index (χ0v) is 11.7. The van der Waals surface area contributed by atoms with Crippen LogP contribution in [0.1, 0.15) is 30.1 Å². The van der Waals surface area contributed by atoms with E-state index in [0.717, 1.165) is 17.5 Å². The lowest BCUT2D eigenvalue weighted by Crippen LogP contribution is -2.21.